The van der Waals surface area contributed by atoms with Crippen molar-refractivity contribution < 1.29 is 8.42 Å². The van der Waals surface area contributed by atoms with E-state index >= 15 is 0 Å². The minimum Gasteiger partial charge on any atom is -0.324 e. The molecule has 0 heterocycles. The Balaban J connectivity index is 3.32. The normalized spacial score (nSPS) is 10.4. The molecule has 4 nitrogen and oxygen atoms in total. The van der Waals surface area contributed by atoms with Crippen LogP contribution in [0.3, 0.4) is 0 Å². The zero-order valence-electron chi connectivity index (χ0n) is 5.79. The average Bonchev–Trinajstić information content (AvgIpc) is 1.78. The Morgan fingerprint density at radius 2 is 2.20 bits per heavy atom. The van der Waals surface area contributed by atoms with Gasteiger partial charge in [0.1, 0.15) is 9.84 Å². The monoisotopic (exact) mass is 162 g/mol. The summed E-state index contributed by atoms with van der Waals surface area (Å²) in [6, 6.07) is 0. The summed E-state index contributed by atoms with van der Waals surface area (Å²) in [6.45, 7) is 0.434. The molecule has 0 saturated heterocycles. The summed E-state index contributed by atoms with van der Waals surface area (Å²) < 4.78 is 21.0. The lowest BCUT2D eigenvalue weighted by Gasteiger charge is -1.95. The summed E-state index contributed by atoms with van der Waals surface area (Å²) >= 11 is 0. The van der Waals surface area contributed by atoms with Gasteiger partial charge >= 0.3 is 0 Å². The van der Waals surface area contributed by atoms with E-state index < -0.39 is 9.84 Å². The first-order valence-corrected chi connectivity index (χ1v) is 4.92. The molecule has 0 aromatic rings. The Bertz CT molecular complexity index is 214. The maximum Gasteiger partial charge on any atom is 0.176 e. The number of nitrogens with zero attached hydrogens (tertiary/aromatic N) is 1. The Hall–Kier alpha value is -0.760. The molecule has 0 amide bonds. The lowest BCUT2D eigenvalue weighted by Crippen LogP contribution is -2.12. The number of hydrogen-bond donors (Lipinski definition) is 1. The lowest BCUT2D eigenvalue weighted by atomic mass is 10.5. The van der Waals surface area contributed by atoms with Crippen LogP contribution in [0.2, 0.25) is 0 Å². The van der Waals surface area contributed by atoms with Gasteiger partial charge in [0.2, 0.25) is 0 Å². The van der Waals surface area contributed by atoms with Gasteiger partial charge < -0.3 is 5.32 Å². The molecule has 5 heteroatoms. The number of rotatable bonds is 4. The van der Waals surface area contributed by atoms with Gasteiger partial charge in [-0.05, 0) is 6.42 Å². The molecule has 0 radical (unpaired) electrons. The van der Waals surface area contributed by atoms with Crippen LogP contribution in [0.1, 0.15) is 6.42 Å². The van der Waals surface area contributed by atoms with Crippen molar-refractivity contribution in [1.82, 2.24) is 5.32 Å². The van der Waals surface area contributed by atoms with Crippen LogP contribution in [0.5, 0.6) is 0 Å². The minimum absolute atomic E-state index is 0.141. The predicted molar refractivity (Wildman–Crippen MR) is 37.9 cm³/mol. The van der Waals surface area contributed by atoms with Crippen LogP contribution in [0.4, 0.5) is 0 Å². The van der Waals surface area contributed by atoms with E-state index in [0.29, 0.717) is 13.0 Å². The van der Waals surface area contributed by atoms with Gasteiger partial charge in [-0.1, -0.05) is 0 Å². The number of sulfone groups is 1. The molecule has 58 valence electrons. The molecule has 0 aromatic carbocycles. The molecule has 0 aromatic heterocycles. The Morgan fingerprint density at radius 3 is 2.60 bits per heavy atom. The fraction of sp³-hybridized carbons (Fsp3) is 0.800. The third kappa shape index (κ3) is 7.24. The highest BCUT2D eigenvalue weighted by atomic mass is 32.2. The molecule has 0 unspecified atom stereocenters. The van der Waals surface area contributed by atoms with Crippen LogP contribution >= 0.6 is 0 Å². The van der Waals surface area contributed by atoms with Crippen LogP contribution in [-0.2, 0) is 9.84 Å². The van der Waals surface area contributed by atoms with Crippen molar-refractivity contribution in [2.75, 3.05) is 18.6 Å². The second-order valence-corrected chi connectivity index (χ2v) is 4.28. The van der Waals surface area contributed by atoms with Crippen molar-refractivity contribution in [2.45, 2.75) is 6.42 Å². The highest BCUT2D eigenvalue weighted by Gasteiger charge is 1.99. The summed E-state index contributed by atoms with van der Waals surface area (Å²) in [6.07, 6.45) is 3.38. The van der Waals surface area contributed by atoms with E-state index in [-0.39, 0.29) is 5.75 Å². The van der Waals surface area contributed by atoms with E-state index in [1.54, 1.807) is 6.19 Å². The first kappa shape index (κ1) is 9.24. The topological polar surface area (TPSA) is 70.0 Å². The summed E-state index contributed by atoms with van der Waals surface area (Å²) in [5, 5.41) is 10.3. The standard InChI is InChI=1S/C5H10N2O2S/c1-10(8,9)4-2-3-7-5-6/h7H,2-4H2,1H3. The first-order valence-electron chi connectivity index (χ1n) is 2.86. The highest BCUT2D eigenvalue weighted by molar-refractivity contribution is 7.90. The van der Waals surface area contributed by atoms with Gasteiger partial charge in [-0.15, -0.1) is 0 Å². The fourth-order valence-electron chi connectivity index (χ4n) is 0.479. The van der Waals surface area contributed by atoms with Crippen molar-refractivity contribution in [2.24, 2.45) is 0 Å². The predicted octanol–water partition coefficient (Wildman–Crippen LogP) is -0.508. The maximum atomic E-state index is 10.5. The average molecular weight is 162 g/mol. The highest BCUT2D eigenvalue weighted by Crippen LogP contribution is 1.85. The zero-order valence-corrected chi connectivity index (χ0v) is 6.61. The van der Waals surface area contributed by atoms with Crippen LogP contribution in [-0.4, -0.2) is 27.0 Å². The van der Waals surface area contributed by atoms with Crippen molar-refractivity contribution >= 4 is 9.84 Å². The molecule has 0 fully saturated rings. The van der Waals surface area contributed by atoms with Crippen LogP contribution < -0.4 is 5.32 Å². The molecule has 0 aliphatic carbocycles. The quantitative estimate of drug-likeness (QED) is 0.343. The van der Waals surface area contributed by atoms with E-state index in [1.165, 1.54) is 6.26 Å². The fourth-order valence-corrected chi connectivity index (χ4v) is 1.15. The number of hydrogen-bond acceptors (Lipinski definition) is 4. The first-order chi connectivity index (χ1) is 4.56. The van der Waals surface area contributed by atoms with Gasteiger partial charge in [0.15, 0.2) is 6.19 Å². The Labute approximate surface area is 60.8 Å². The van der Waals surface area contributed by atoms with Gasteiger partial charge in [0.05, 0.1) is 5.75 Å². The van der Waals surface area contributed by atoms with Crippen LogP contribution in [0, 0.1) is 11.5 Å². The largest absolute Gasteiger partial charge is 0.324 e. The SMILES string of the molecule is CS(=O)(=O)CCCNC#N. The van der Waals surface area contributed by atoms with Crippen molar-refractivity contribution in [3.05, 3.63) is 0 Å². The summed E-state index contributed by atoms with van der Waals surface area (Å²) in [7, 11) is -2.85. The Kier molecular flexibility index (Phi) is 3.81. The summed E-state index contributed by atoms with van der Waals surface area (Å²) in [5.41, 5.74) is 0. The van der Waals surface area contributed by atoms with Gasteiger partial charge in [0.25, 0.3) is 0 Å². The van der Waals surface area contributed by atoms with Gasteiger partial charge in [0, 0.05) is 12.8 Å². The van der Waals surface area contributed by atoms with Crippen molar-refractivity contribution in [3.8, 4) is 6.19 Å². The molecule has 0 atom stereocenters. The molecule has 0 aliphatic rings. The molecule has 10 heavy (non-hydrogen) atoms. The minimum atomic E-state index is -2.85. The van der Waals surface area contributed by atoms with E-state index in [2.05, 4.69) is 5.32 Å². The van der Waals surface area contributed by atoms with E-state index in [9.17, 15) is 8.42 Å². The lowest BCUT2D eigenvalue weighted by molar-refractivity contribution is 0.598. The van der Waals surface area contributed by atoms with Gasteiger partial charge in [-0.2, -0.15) is 5.26 Å². The molecule has 0 bridgehead atoms. The second kappa shape index (κ2) is 4.12. The summed E-state index contributed by atoms with van der Waals surface area (Å²) in [4.78, 5) is 0. The van der Waals surface area contributed by atoms with E-state index in [4.69, 9.17) is 5.26 Å². The zero-order chi connectivity index (χ0) is 8.04. The third-order valence-corrected chi connectivity index (χ3v) is 1.93. The maximum absolute atomic E-state index is 10.5. The van der Waals surface area contributed by atoms with Crippen LogP contribution in [0.15, 0.2) is 0 Å². The molecule has 0 rings (SSSR count). The molecule has 0 spiro atoms. The van der Waals surface area contributed by atoms with Gasteiger partial charge in [-0.3, -0.25) is 0 Å². The number of nitrogens with one attached hydrogen (secondary N) is 1. The second-order valence-electron chi connectivity index (χ2n) is 2.02. The summed E-state index contributed by atoms with van der Waals surface area (Å²) in [5.74, 6) is 0.141. The third-order valence-electron chi connectivity index (χ3n) is 0.896. The van der Waals surface area contributed by atoms with Gasteiger partial charge in [-0.25, -0.2) is 8.42 Å². The molecular weight excluding hydrogens is 152 g/mol. The van der Waals surface area contributed by atoms with Crippen molar-refractivity contribution in [3.63, 3.8) is 0 Å². The molecular formula is C5H10N2O2S. The smallest absolute Gasteiger partial charge is 0.176 e. The molecule has 0 saturated carbocycles. The van der Waals surface area contributed by atoms with Crippen molar-refractivity contribution in [1.29, 1.82) is 5.26 Å². The van der Waals surface area contributed by atoms with Crippen LogP contribution in [0.25, 0.3) is 0 Å². The molecule has 1 N–H and O–H groups in total. The Morgan fingerprint density at radius 1 is 1.60 bits per heavy atom. The van der Waals surface area contributed by atoms with E-state index in [1.807, 2.05) is 0 Å². The van der Waals surface area contributed by atoms with E-state index in [0.717, 1.165) is 0 Å². The molecule has 0 aliphatic heterocycles. The number of nitriles is 1.